The lowest BCUT2D eigenvalue weighted by Crippen LogP contribution is -2.49. The first kappa shape index (κ1) is 19.4. The van der Waals surface area contributed by atoms with Crippen LogP contribution in [-0.2, 0) is 0 Å². The minimum absolute atomic E-state index is 0.104. The molecule has 0 bridgehead atoms. The molecule has 3 aromatic rings. The molecule has 1 N–H and O–H groups in total. The normalized spacial score (nSPS) is 17.6. The molecule has 2 heterocycles. The summed E-state index contributed by atoms with van der Waals surface area (Å²) in [6.45, 7) is 6.32. The van der Waals surface area contributed by atoms with E-state index in [1.807, 2.05) is 30.3 Å². The molecule has 1 atom stereocenters. The number of nitrogens with zero attached hydrogens (tertiary/aromatic N) is 1. The van der Waals surface area contributed by atoms with Gasteiger partial charge in [0, 0.05) is 29.6 Å². The number of piperidine rings is 1. The summed E-state index contributed by atoms with van der Waals surface area (Å²) in [5, 5.41) is 4.02. The van der Waals surface area contributed by atoms with E-state index >= 15 is 0 Å². The molecule has 1 saturated heterocycles. The third-order valence-electron chi connectivity index (χ3n) is 5.60. The number of fused-ring (bicyclic) bond motifs is 1. The van der Waals surface area contributed by atoms with Crippen molar-refractivity contribution in [2.45, 2.75) is 38.8 Å². The molecule has 1 fully saturated rings. The summed E-state index contributed by atoms with van der Waals surface area (Å²) >= 11 is 0. The van der Waals surface area contributed by atoms with E-state index in [4.69, 9.17) is 4.42 Å². The van der Waals surface area contributed by atoms with Crippen LogP contribution >= 0.6 is 0 Å². The quantitative estimate of drug-likeness (QED) is 0.683. The van der Waals surface area contributed by atoms with Crippen LogP contribution in [0.1, 0.15) is 37.0 Å². The summed E-state index contributed by atoms with van der Waals surface area (Å²) in [6.07, 6.45) is 2.07. The zero-order valence-electron chi connectivity index (χ0n) is 16.9. The van der Waals surface area contributed by atoms with Crippen LogP contribution in [0.5, 0.6) is 0 Å². The summed E-state index contributed by atoms with van der Waals surface area (Å²) in [5.41, 5.74) is 1.85. The highest BCUT2D eigenvalue weighted by Crippen LogP contribution is 2.22. The van der Waals surface area contributed by atoms with Gasteiger partial charge in [-0.15, -0.1) is 0 Å². The molecule has 0 unspecified atom stereocenters. The zero-order valence-corrected chi connectivity index (χ0v) is 16.9. The van der Waals surface area contributed by atoms with E-state index in [1.54, 1.807) is 24.3 Å². The van der Waals surface area contributed by atoms with Crippen LogP contribution in [0.3, 0.4) is 0 Å². The highest BCUT2D eigenvalue weighted by atomic mass is 16.4. The molecule has 4 rings (SSSR count). The molecule has 29 heavy (non-hydrogen) atoms. The SMILES string of the molecule is CC(C)N1CCC[C@@H](NC(=O)c2cccc(-c3cc4ccccc4oc3=O)c2)C1. The second-order valence-corrected chi connectivity index (χ2v) is 7.97. The first-order valence-electron chi connectivity index (χ1n) is 10.2. The molecule has 1 amide bonds. The van der Waals surface area contributed by atoms with Gasteiger partial charge < -0.3 is 9.73 Å². The van der Waals surface area contributed by atoms with Crippen LogP contribution in [0.2, 0.25) is 0 Å². The van der Waals surface area contributed by atoms with Gasteiger partial charge in [-0.3, -0.25) is 9.69 Å². The number of amides is 1. The van der Waals surface area contributed by atoms with Crippen LogP contribution < -0.4 is 10.9 Å². The summed E-state index contributed by atoms with van der Waals surface area (Å²) in [5.74, 6) is -0.104. The number of hydrogen-bond acceptors (Lipinski definition) is 4. The Morgan fingerprint density at radius 3 is 2.79 bits per heavy atom. The molecule has 0 aliphatic carbocycles. The Morgan fingerprint density at radius 1 is 1.14 bits per heavy atom. The molecule has 150 valence electrons. The van der Waals surface area contributed by atoms with Crippen LogP contribution in [0.4, 0.5) is 0 Å². The van der Waals surface area contributed by atoms with Gasteiger partial charge in [-0.1, -0.05) is 30.3 Å². The van der Waals surface area contributed by atoms with Crippen LogP contribution in [-0.4, -0.2) is 36.0 Å². The number of benzene rings is 2. The van der Waals surface area contributed by atoms with Crippen molar-refractivity contribution in [1.82, 2.24) is 10.2 Å². The van der Waals surface area contributed by atoms with Crippen molar-refractivity contribution in [1.29, 1.82) is 0 Å². The molecule has 2 aromatic carbocycles. The van der Waals surface area contributed by atoms with Gasteiger partial charge in [0.15, 0.2) is 0 Å². The van der Waals surface area contributed by atoms with Crippen LogP contribution in [0.15, 0.2) is 63.8 Å². The number of carbonyl (C=O) groups excluding carboxylic acids is 1. The lowest BCUT2D eigenvalue weighted by Gasteiger charge is -2.35. The monoisotopic (exact) mass is 390 g/mol. The number of likely N-dealkylation sites (tertiary alicyclic amines) is 1. The van der Waals surface area contributed by atoms with E-state index in [9.17, 15) is 9.59 Å². The summed E-state index contributed by atoms with van der Waals surface area (Å²) in [6, 6.07) is 17.0. The fourth-order valence-electron chi connectivity index (χ4n) is 3.95. The largest absolute Gasteiger partial charge is 0.422 e. The molecular weight excluding hydrogens is 364 g/mol. The minimum Gasteiger partial charge on any atom is -0.422 e. The molecule has 0 spiro atoms. The van der Waals surface area contributed by atoms with Gasteiger partial charge in [-0.25, -0.2) is 4.79 Å². The topological polar surface area (TPSA) is 62.6 Å². The number of carbonyl (C=O) groups is 1. The Bertz CT molecular complexity index is 1090. The standard InChI is InChI=1S/C24H26N2O3/c1-16(2)26-12-6-10-20(15-26)25-23(27)19-9-5-8-17(13-19)21-14-18-7-3-4-11-22(18)29-24(21)28/h3-5,7-9,11,13-14,16,20H,6,10,12,15H2,1-2H3,(H,25,27)/t20-/m1/s1. The molecule has 0 saturated carbocycles. The van der Waals surface area contributed by atoms with Gasteiger partial charge in [0.1, 0.15) is 5.58 Å². The van der Waals surface area contributed by atoms with E-state index in [-0.39, 0.29) is 11.9 Å². The van der Waals surface area contributed by atoms with Gasteiger partial charge in [0.2, 0.25) is 0 Å². The molecule has 1 aliphatic rings. The van der Waals surface area contributed by atoms with Crippen LogP contribution in [0.25, 0.3) is 22.1 Å². The van der Waals surface area contributed by atoms with Gasteiger partial charge in [-0.2, -0.15) is 0 Å². The average Bonchev–Trinajstić information content (AvgIpc) is 2.73. The average molecular weight is 390 g/mol. The molecule has 0 radical (unpaired) electrons. The maximum absolute atomic E-state index is 12.8. The van der Waals surface area contributed by atoms with Gasteiger partial charge in [-0.05, 0) is 63.1 Å². The molecule has 1 aromatic heterocycles. The summed E-state index contributed by atoms with van der Waals surface area (Å²) in [7, 11) is 0. The van der Waals surface area contributed by atoms with Crippen molar-refractivity contribution < 1.29 is 9.21 Å². The lowest BCUT2D eigenvalue weighted by atomic mass is 10.0. The second-order valence-electron chi connectivity index (χ2n) is 7.97. The van der Waals surface area contributed by atoms with Crippen LogP contribution in [0, 0.1) is 0 Å². The van der Waals surface area contributed by atoms with Crippen molar-refractivity contribution in [3.8, 4) is 11.1 Å². The fourth-order valence-corrected chi connectivity index (χ4v) is 3.95. The summed E-state index contributed by atoms with van der Waals surface area (Å²) < 4.78 is 5.44. The van der Waals surface area contributed by atoms with E-state index in [0.29, 0.717) is 28.3 Å². The van der Waals surface area contributed by atoms with E-state index in [1.165, 1.54) is 0 Å². The van der Waals surface area contributed by atoms with Crippen molar-refractivity contribution >= 4 is 16.9 Å². The molecular formula is C24H26N2O3. The maximum Gasteiger partial charge on any atom is 0.344 e. The first-order chi connectivity index (χ1) is 14.0. The second kappa shape index (κ2) is 8.21. The van der Waals surface area contributed by atoms with Gasteiger partial charge in [0.05, 0.1) is 5.56 Å². The minimum atomic E-state index is -0.402. The first-order valence-corrected chi connectivity index (χ1v) is 10.2. The number of para-hydroxylation sites is 1. The van der Waals surface area contributed by atoms with Crippen molar-refractivity contribution in [2.75, 3.05) is 13.1 Å². The number of nitrogens with one attached hydrogen (secondary N) is 1. The van der Waals surface area contributed by atoms with E-state index in [2.05, 4.69) is 24.1 Å². The molecule has 5 nitrogen and oxygen atoms in total. The van der Waals surface area contributed by atoms with E-state index < -0.39 is 5.63 Å². The van der Waals surface area contributed by atoms with Gasteiger partial charge in [0.25, 0.3) is 5.91 Å². The fraction of sp³-hybridized carbons (Fsp3) is 0.333. The summed E-state index contributed by atoms with van der Waals surface area (Å²) in [4.78, 5) is 27.7. The van der Waals surface area contributed by atoms with E-state index in [0.717, 1.165) is 31.3 Å². The van der Waals surface area contributed by atoms with Crippen molar-refractivity contribution in [3.05, 3.63) is 70.6 Å². The Kier molecular flexibility index (Phi) is 5.49. The predicted octanol–water partition coefficient (Wildman–Crippen LogP) is 4.06. The number of hydrogen-bond donors (Lipinski definition) is 1. The Balaban J connectivity index is 1.57. The maximum atomic E-state index is 12.8. The molecule has 5 heteroatoms. The third-order valence-corrected chi connectivity index (χ3v) is 5.60. The Morgan fingerprint density at radius 2 is 1.97 bits per heavy atom. The Hall–Kier alpha value is -2.92. The number of rotatable bonds is 4. The lowest BCUT2D eigenvalue weighted by molar-refractivity contribution is 0.0886. The highest BCUT2D eigenvalue weighted by molar-refractivity contribution is 5.96. The van der Waals surface area contributed by atoms with Gasteiger partial charge >= 0.3 is 5.63 Å². The predicted molar refractivity (Wildman–Crippen MR) is 115 cm³/mol. The highest BCUT2D eigenvalue weighted by Gasteiger charge is 2.23. The third kappa shape index (κ3) is 4.25. The Labute approximate surface area is 170 Å². The van der Waals surface area contributed by atoms with Crippen molar-refractivity contribution in [3.63, 3.8) is 0 Å². The zero-order chi connectivity index (χ0) is 20.4. The molecule has 1 aliphatic heterocycles. The van der Waals surface area contributed by atoms with Crippen molar-refractivity contribution in [2.24, 2.45) is 0 Å². The smallest absolute Gasteiger partial charge is 0.344 e.